The smallest absolute Gasteiger partial charge is 0.123 e. The number of halogens is 1. The molecule has 0 saturated heterocycles. The molecule has 3 heteroatoms. The molecule has 1 aromatic rings. The Morgan fingerprint density at radius 1 is 1.18 bits per heavy atom. The van der Waals surface area contributed by atoms with Crippen molar-refractivity contribution in [3.8, 4) is 24.7 Å². The molecule has 0 aliphatic heterocycles. The fraction of sp³-hybridized carbons (Fsp3) is 0.286. The highest BCUT2D eigenvalue weighted by Crippen LogP contribution is 2.14. The largest absolute Gasteiger partial charge is 0.387 e. The first-order valence-corrected chi connectivity index (χ1v) is 5.20. The molecular weight excluding hydrogens is 217 g/mol. The average molecular weight is 231 g/mol. The summed E-state index contributed by atoms with van der Waals surface area (Å²) in [5, 5.41) is 9.93. The van der Waals surface area contributed by atoms with Gasteiger partial charge in [0, 0.05) is 6.54 Å². The number of rotatable bonds is 5. The molecule has 0 saturated carbocycles. The molecule has 0 heterocycles. The monoisotopic (exact) mass is 231 g/mol. The van der Waals surface area contributed by atoms with Gasteiger partial charge in [-0.3, -0.25) is 4.90 Å². The van der Waals surface area contributed by atoms with Gasteiger partial charge in [0.1, 0.15) is 5.82 Å². The first-order chi connectivity index (χ1) is 8.17. The van der Waals surface area contributed by atoms with E-state index in [0.29, 0.717) is 25.2 Å². The number of terminal acetylenes is 2. The molecule has 88 valence electrons. The fourth-order valence-electron chi connectivity index (χ4n) is 1.48. The Kier molecular flexibility index (Phi) is 5.23. The molecule has 2 nitrogen and oxygen atoms in total. The van der Waals surface area contributed by atoms with Crippen LogP contribution in [-0.2, 0) is 0 Å². The van der Waals surface area contributed by atoms with Gasteiger partial charge >= 0.3 is 0 Å². The second kappa shape index (κ2) is 6.70. The minimum Gasteiger partial charge on any atom is -0.387 e. The Morgan fingerprint density at radius 2 is 1.71 bits per heavy atom. The molecule has 0 amide bonds. The van der Waals surface area contributed by atoms with Crippen LogP contribution in [0.1, 0.15) is 11.7 Å². The van der Waals surface area contributed by atoms with E-state index in [1.807, 2.05) is 0 Å². The van der Waals surface area contributed by atoms with Crippen molar-refractivity contribution >= 4 is 0 Å². The minimum absolute atomic E-state index is 0.329. The Balaban J connectivity index is 2.64. The zero-order chi connectivity index (χ0) is 12.7. The lowest BCUT2D eigenvalue weighted by atomic mass is 10.1. The summed E-state index contributed by atoms with van der Waals surface area (Å²) in [5.74, 6) is 4.63. The van der Waals surface area contributed by atoms with Gasteiger partial charge in [-0.1, -0.05) is 24.0 Å². The second-order valence-corrected chi connectivity index (χ2v) is 3.65. The molecule has 0 fully saturated rings. The third-order valence-electron chi connectivity index (χ3n) is 2.32. The molecule has 0 spiro atoms. The molecule has 17 heavy (non-hydrogen) atoms. The molecule has 0 radical (unpaired) electrons. The highest BCUT2D eigenvalue weighted by Gasteiger charge is 2.12. The highest BCUT2D eigenvalue weighted by molar-refractivity contribution is 5.19. The Bertz CT molecular complexity index is 411. The molecule has 0 aromatic heterocycles. The van der Waals surface area contributed by atoms with E-state index in [4.69, 9.17) is 12.8 Å². The van der Waals surface area contributed by atoms with Crippen molar-refractivity contribution in [2.75, 3.05) is 19.6 Å². The van der Waals surface area contributed by atoms with Crippen LogP contribution < -0.4 is 0 Å². The molecule has 0 aliphatic carbocycles. The van der Waals surface area contributed by atoms with Crippen LogP contribution in [0.5, 0.6) is 0 Å². The van der Waals surface area contributed by atoms with Crippen LogP contribution in [-0.4, -0.2) is 29.6 Å². The Hall–Kier alpha value is -1.81. The molecular formula is C14H14FNO. The van der Waals surface area contributed by atoms with Crippen LogP contribution in [0.15, 0.2) is 24.3 Å². The summed E-state index contributed by atoms with van der Waals surface area (Å²) in [7, 11) is 0. The summed E-state index contributed by atoms with van der Waals surface area (Å²) in [6.45, 7) is 1.09. The van der Waals surface area contributed by atoms with Crippen molar-refractivity contribution in [2.24, 2.45) is 0 Å². The normalized spacial score (nSPS) is 11.8. The van der Waals surface area contributed by atoms with Crippen LogP contribution in [0.3, 0.4) is 0 Å². The second-order valence-electron chi connectivity index (χ2n) is 3.65. The van der Waals surface area contributed by atoms with Crippen molar-refractivity contribution < 1.29 is 9.50 Å². The molecule has 1 N–H and O–H groups in total. The SMILES string of the molecule is C#CCN(CC#C)CC(O)c1ccc(F)cc1. The van der Waals surface area contributed by atoms with Crippen LogP contribution in [0.2, 0.25) is 0 Å². The number of benzene rings is 1. The molecule has 0 aliphatic rings. The Labute approximate surface area is 101 Å². The standard InChI is InChI=1S/C14H14FNO/c1-3-9-16(10-4-2)11-14(17)12-5-7-13(15)8-6-12/h1-2,5-8,14,17H,9-11H2. The Morgan fingerprint density at radius 3 is 2.18 bits per heavy atom. The van der Waals surface area contributed by atoms with Gasteiger partial charge in [-0.2, -0.15) is 0 Å². The average Bonchev–Trinajstić information content (AvgIpc) is 2.30. The third-order valence-corrected chi connectivity index (χ3v) is 2.32. The number of aliphatic hydroxyl groups is 1. The van der Waals surface area contributed by atoms with E-state index in [1.54, 1.807) is 17.0 Å². The zero-order valence-corrected chi connectivity index (χ0v) is 9.44. The summed E-state index contributed by atoms with van der Waals surface area (Å²) in [6, 6.07) is 5.71. The van der Waals surface area contributed by atoms with E-state index in [1.165, 1.54) is 12.1 Å². The van der Waals surface area contributed by atoms with Crippen LogP contribution >= 0.6 is 0 Å². The van der Waals surface area contributed by atoms with E-state index in [0.717, 1.165) is 0 Å². The molecule has 1 atom stereocenters. The summed E-state index contributed by atoms with van der Waals surface area (Å²) in [6.07, 6.45) is 9.68. The van der Waals surface area contributed by atoms with E-state index >= 15 is 0 Å². The first-order valence-electron chi connectivity index (χ1n) is 5.20. The summed E-state index contributed by atoms with van der Waals surface area (Å²) >= 11 is 0. The van der Waals surface area contributed by atoms with Crippen LogP contribution in [0, 0.1) is 30.5 Å². The lowest BCUT2D eigenvalue weighted by molar-refractivity contribution is 0.127. The topological polar surface area (TPSA) is 23.5 Å². The summed E-state index contributed by atoms with van der Waals surface area (Å²) in [4.78, 5) is 1.77. The van der Waals surface area contributed by atoms with Gasteiger partial charge in [0.05, 0.1) is 19.2 Å². The first kappa shape index (κ1) is 13.3. The summed E-state index contributed by atoms with van der Waals surface area (Å²) in [5.41, 5.74) is 0.644. The highest BCUT2D eigenvalue weighted by atomic mass is 19.1. The molecule has 1 unspecified atom stereocenters. The number of aliphatic hydroxyl groups excluding tert-OH is 1. The van der Waals surface area contributed by atoms with Gasteiger partial charge in [0.25, 0.3) is 0 Å². The van der Waals surface area contributed by atoms with Crippen molar-refractivity contribution in [3.63, 3.8) is 0 Å². The van der Waals surface area contributed by atoms with Crippen molar-refractivity contribution in [1.82, 2.24) is 4.90 Å². The number of hydrogen-bond donors (Lipinski definition) is 1. The molecule has 1 rings (SSSR count). The molecule has 0 bridgehead atoms. The fourth-order valence-corrected chi connectivity index (χ4v) is 1.48. The minimum atomic E-state index is -0.725. The third kappa shape index (κ3) is 4.28. The predicted molar refractivity (Wildman–Crippen MR) is 65.5 cm³/mol. The van der Waals surface area contributed by atoms with Gasteiger partial charge in [-0.25, -0.2) is 4.39 Å². The van der Waals surface area contributed by atoms with E-state index < -0.39 is 6.10 Å². The van der Waals surface area contributed by atoms with Gasteiger partial charge < -0.3 is 5.11 Å². The maximum atomic E-state index is 12.7. The van der Waals surface area contributed by atoms with Crippen molar-refractivity contribution in [2.45, 2.75) is 6.10 Å². The van der Waals surface area contributed by atoms with Gasteiger partial charge in [0.2, 0.25) is 0 Å². The maximum Gasteiger partial charge on any atom is 0.123 e. The van der Waals surface area contributed by atoms with Crippen molar-refractivity contribution in [3.05, 3.63) is 35.6 Å². The van der Waals surface area contributed by atoms with Gasteiger partial charge in [-0.05, 0) is 17.7 Å². The zero-order valence-electron chi connectivity index (χ0n) is 9.44. The summed E-state index contributed by atoms with van der Waals surface area (Å²) < 4.78 is 12.7. The van der Waals surface area contributed by atoms with Crippen molar-refractivity contribution in [1.29, 1.82) is 0 Å². The quantitative estimate of drug-likeness (QED) is 0.775. The number of hydrogen-bond acceptors (Lipinski definition) is 2. The molecule has 1 aromatic carbocycles. The van der Waals surface area contributed by atoms with E-state index in [9.17, 15) is 9.50 Å². The van der Waals surface area contributed by atoms with Crippen LogP contribution in [0.25, 0.3) is 0 Å². The van der Waals surface area contributed by atoms with E-state index in [2.05, 4.69) is 11.8 Å². The van der Waals surface area contributed by atoms with E-state index in [-0.39, 0.29) is 5.82 Å². The van der Waals surface area contributed by atoms with Gasteiger partial charge in [0.15, 0.2) is 0 Å². The lowest BCUT2D eigenvalue weighted by Gasteiger charge is -2.20. The lowest BCUT2D eigenvalue weighted by Crippen LogP contribution is -2.29. The maximum absolute atomic E-state index is 12.7. The van der Waals surface area contributed by atoms with Gasteiger partial charge in [-0.15, -0.1) is 12.8 Å². The predicted octanol–water partition coefficient (Wildman–Crippen LogP) is 1.43. The number of nitrogens with zero attached hydrogens (tertiary/aromatic N) is 1. The van der Waals surface area contributed by atoms with Crippen LogP contribution in [0.4, 0.5) is 4.39 Å².